The summed E-state index contributed by atoms with van der Waals surface area (Å²) < 4.78 is 0. The summed E-state index contributed by atoms with van der Waals surface area (Å²) in [5.41, 5.74) is 4.11. The van der Waals surface area contributed by atoms with E-state index in [1.807, 2.05) is 67.6 Å². The van der Waals surface area contributed by atoms with Gasteiger partial charge in [-0.1, -0.05) is 78.4 Å². The molecule has 0 spiro atoms. The minimum atomic E-state index is -0.186. The molecule has 170 valence electrons. The van der Waals surface area contributed by atoms with Crippen molar-refractivity contribution in [3.8, 4) is 0 Å². The molecule has 5 nitrogen and oxygen atoms in total. The highest BCUT2D eigenvalue weighted by molar-refractivity contribution is 5.94. The molecule has 1 aliphatic heterocycles. The number of nitrogens with one attached hydrogen (secondary N) is 3. The predicted molar refractivity (Wildman–Crippen MR) is 131 cm³/mol. The summed E-state index contributed by atoms with van der Waals surface area (Å²) in [7, 11) is 0. The lowest BCUT2D eigenvalue weighted by molar-refractivity contribution is -0.125. The number of benzene rings is 3. The molecule has 1 saturated heterocycles. The van der Waals surface area contributed by atoms with Crippen molar-refractivity contribution >= 4 is 11.8 Å². The number of amides is 2. The summed E-state index contributed by atoms with van der Waals surface area (Å²) in [5, 5.41) is 9.55. The van der Waals surface area contributed by atoms with E-state index in [-0.39, 0.29) is 29.7 Å². The molecule has 1 aliphatic rings. The number of piperidine rings is 1. The largest absolute Gasteiger partial charge is 0.355 e. The molecule has 0 saturated carbocycles. The Morgan fingerprint density at radius 1 is 0.879 bits per heavy atom. The van der Waals surface area contributed by atoms with Crippen LogP contribution in [0.25, 0.3) is 0 Å². The van der Waals surface area contributed by atoms with Gasteiger partial charge in [0.25, 0.3) is 5.91 Å². The number of carbonyl (C=O) groups excluding carboxylic acids is 2. The first-order valence-corrected chi connectivity index (χ1v) is 11.6. The molecule has 0 bridgehead atoms. The number of rotatable bonds is 7. The molecule has 3 aromatic rings. The van der Waals surface area contributed by atoms with Crippen molar-refractivity contribution in [2.75, 3.05) is 19.6 Å². The zero-order valence-corrected chi connectivity index (χ0v) is 19.0. The second kappa shape index (κ2) is 10.9. The minimum absolute atomic E-state index is 0.0219. The quantitative estimate of drug-likeness (QED) is 0.524. The number of aryl methyl sites for hydroxylation is 1. The van der Waals surface area contributed by atoms with Crippen LogP contribution in [0.5, 0.6) is 0 Å². The average molecular weight is 442 g/mol. The molecule has 4 rings (SSSR count). The van der Waals surface area contributed by atoms with Crippen LogP contribution in [0.1, 0.15) is 39.4 Å². The van der Waals surface area contributed by atoms with Gasteiger partial charge in [0.2, 0.25) is 5.91 Å². The summed E-state index contributed by atoms with van der Waals surface area (Å²) in [5.74, 6) is -0.177. The van der Waals surface area contributed by atoms with Crippen molar-refractivity contribution in [3.63, 3.8) is 0 Å². The Bertz CT molecular complexity index is 1010. The number of hydrogen-bond acceptors (Lipinski definition) is 3. The summed E-state index contributed by atoms with van der Waals surface area (Å²) >= 11 is 0. The molecule has 0 unspecified atom stereocenters. The highest BCUT2D eigenvalue weighted by atomic mass is 16.2. The minimum Gasteiger partial charge on any atom is -0.355 e. The zero-order chi connectivity index (χ0) is 23.0. The topological polar surface area (TPSA) is 70.2 Å². The second-order valence-electron chi connectivity index (χ2n) is 8.75. The van der Waals surface area contributed by atoms with Gasteiger partial charge < -0.3 is 16.0 Å². The smallest absolute Gasteiger partial charge is 0.251 e. The van der Waals surface area contributed by atoms with Gasteiger partial charge in [-0.3, -0.25) is 9.59 Å². The van der Waals surface area contributed by atoms with Gasteiger partial charge in [0, 0.05) is 37.2 Å². The maximum absolute atomic E-state index is 13.0. The normalized spacial score (nSPS) is 18.0. The molecule has 2 atom stereocenters. The van der Waals surface area contributed by atoms with Crippen LogP contribution >= 0.6 is 0 Å². The van der Waals surface area contributed by atoms with E-state index in [9.17, 15) is 9.59 Å². The first kappa shape index (κ1) is 22.7. The zero-order valence-electron chi connectivity index (χ0n) is 19.0. The van der Waals surface area contributed by atoms with Gasteiger partial charge in [-0.05, 0) is 36.6 Å². The van der Waals surface area contributed by atoms with Crippen LogP contribution in [0.15, 0.2) is 84.9 Å². The molecule has 1 heterocycles. The van der Waals surface area contributed by atoms with Crippen LogP contribution in [0, 0.1) is 12.8 Å². The molecule has 1 fully saturated rings. The van der Waals surface area contributed by atoms with Crippen LogP contribution in [-0.4, -0.2) is 37.5 Å². The maximum Gasteiger partial charge on any atom is 0.251 e. The molecule has 0 aliphatic carbocycles. The molecule has 5 heteroatoms. The molecule has 3 N–H and O–H groups in total. The van der Waals surface area contributed by atoms with Gasteiger partial charge in [-0.15, -0.1) is 0 Å². The Hall–Kier alpha value is -3.44. The van der Waals surface area contributed by atoms with Crippen molar-refractivity contribution in [2.24, 2.45) is 5.92 Å². The van der Waals surface area contributed by atoms with Gasteiger partial charge in [-0.2, -0.15) is 0 Å². The van der Waals surface area contributed by atoms with E-state index in [0.29, 0.717) is 31.6 Å². The average Bonchev–Trinajstić information content (AvgIpc) is 2.86. The van der Waals surface area contributed by atoms with Gasteiger partial charge in [-0.25, -0.2) is 0 Å². The summed E-state index contributed by atoms with van der Waals surface area (Å²) in [4.78, 5) is 25.6. The molecule has 33 heavy (non-hydrogen) atoms. The van der Waals surface area contributed by atoms with Crippen molar-refractivity contribution < 1.29 is 9.59 Å². The fraction of sp³-hybridized carbons (Fsp3) is 0.286. The lowest BCUT2D eigenvalue weighted by atomic mass is 9.90. The van der Waals surface area contributed by atoms with Crippen molar-refractivity contribution in [1.82, 2.24) is 16.0 Å². The van der Waals surface area contributed by atoms with Gasteiger partial charge >= 0.3 is 0 Å². The highest BCUT2D eigenvalue weighted by Crippen LogP contribution is 2.24. The van der Waals surface area contributed by atoms with Gasteiger partial charge in [0.15, 0.2) is 0 Å². The number of hydrogen-bond donors (Lipinski definition) is 3. The maximum atomic E-state index is 13.0. The predicted octanol–water partition coefficient (Wildman–Crippen LogP) is 3.65. The first-order valence-electron chi connectivity index (χ1n) is 11.6. The van der Waals surface area contributed by atoms with Crippen molar-refractivity contribution in [3.05, 3.63) is 107 Å². The van der Waals surface area contributed by atoms with E-state index in [1.165, 1.54) is 11.1 Å². The fourth-order valence-corrected chi connectivity index (χ4v) is 4.37. The second-order valence-corrected chi connectivity index (χ2v) is 8.75. The third-order valence-electron chi connectivity index (χ3n) is 6.25. The molecule has 0 aromatic heterocycles. The van der Waals surface area contributed by atoms with E-state index in [0.717, 1.165) is 5.56 Å². The fourth-order valence-electron chi connectivity index (χ4n) is 4.37. The molecule has 2 amide bonds. The van der Waals surface area contributed by atoms with Crippen LogP contribution in [0.4, 0.5) is 0 Å². The first-order chi connectivity index (χ1) is 16.1. The van der Waals surface area contributed by atoms with Crippen LogP contribution < -0.4 is 16.0 Å². The Morgan fingerprint density at radius 3 is 2.09 bits per heavy atom. The van der Waals surface area contributed by atoms with E-state index in [1.54, 1.807) is 0 Å². The molecular weight excluding hydrogens is 410 g/mol. The van der Waals surface area contributed by atoms with E-state index >= 15 is 0 Å². The summed E-state index contributed by atoms with van der Waals surface area (Å²) in [6.45, 7) is 3.81. The lowest BCUT2D eigenvalue weighted by Gasteiger charge is -2.30. The SMILES string of the molecule is Cc1ccc(C(=O)N[C@@H]2CNC[C@@H](C(=O)NCC(c3ccccc3)c3ccccc3)C2)cc1. The lowest BCUT2D eigenvalue weighted by Crippen LogP contribution is -2.52. The van der Waals surface area contributed by atoms with Gasteiger partial charge in [0.05, 0.1) is 5.92 Å². The summed E-state index contributed by atoms with van der Waals surface area (Å²) in [6.07, 6.45) is 0.623. The third-order valence-corrected chi connectivity index (χ3v) is 6.25. The Balaban J connectivity index is 1.36. The monoisotopic (exact) mass is 441 g/mol. The van der Waals surface area contributed by atoms with Crippen LogP contribution in [-0.2, 0) is 4.79 Å². The van der Waals surface area contributed by atoms with Crippen molar-refractivity contribution in [2.45, 2.75) is 25.3 Å². The van der Waals surface area contributed by atoms with E-state index in [2.05, 4.69) is 40.2 Å². The third kappa shape index (κ3) is 6.08. The van der Waals surface area contributed by atoms with Gasteiger partial charge in [0.1, 0.15) is 0 Å². The Morgan fingerprint density at radius 2 is 1.48 bits per heavy atom. The number of carbonyl (C=O) groups is 2. The van der Waals surface area contributed by atoms with E-state index in [4.69, 9.17) is 0 Å². The molecule has 3 aromatic carbocycles. The Labute approximate surface area is 195 Å². The molecular formula is C28H31N3O2. The van der Waals surface area contributed by atoms with Crippen LogP contribution in [0.3, 0.4) is 0 Å². The standard InChI is InChI=1S/C28H31N3O2/c1-20-12-14-23(15-13-20)28(33)31-25-16-24(17-29-18-25)27(32)30-19-26(21-8-4-2-5-9-21)22-10-6-3-7-11-22/h2-15,24-26,29H,16-19H2,1H3,(H,30,32)(H,31,33)/t24-,25-/m0/s1. The van der Waals surface area contributed by atoms with Crippen molar-refractivity contribution in [1.29, 1.82) is 0 Å². The Kier molecular flexibility index (Phi) is 7.53. The van der Waals surface area contributed by atoms with E-state index < -0.39 is 0 Å². The highest BCUT2D eigenvalue weighted by Gasteiger charge is 2.28. The van der Waals surface area contributed by atoms with Crippen LogP contribution in [0.2, 0.25) is 0 Å². The molecule has 0 radical (unpaired) electrons. The summed E-state index contributed by atoms with van der Waals surface area (Å²) in [6, 6.07) is 28.0.